The van der Waals surface area contributed by atoms with Crippen LogP contribution < -0.4 is 10.6 Å². The van der Waals surface area contributed by atoms with Crippen molar-refractivity contribution in [2.45, 2.75) is 26.9 Å². The number of aliphatic imine (C=N–C) groups is 1. The van der Waals surface area contributed by atoms with Crippen LogP contribution in [0.1, 0.15) is 21.4 Å². The van der Waals surface area contributed by atoms with E-state index in [1.807, 2.05) is 41.8 Å². The van der Waals surface area contributed by atoms with Gasteiger partial charge in [-0.25, -0.2) is 4.98 Å². The monoisotopic (exact) mass is 355 g/mol. The average Bonchev–Trinajstić information content (AvgIpc) is 3.22. The van der Waals surface area contributed by atoms with E-state index >= 15 is 0 Å². The molecule has 0 atom stereocenters. The standard InChI is InChI=1S/C17H21N7S/c1-12-13(2)25-16(22-12)10-20-17(18-3)19-9-15-23-21-11-24(15)14-7-5-4-6-8-14/h4-8,11H,9-10H2,1-3H3,(H2,18,19,20). The second kappa shape index (κ2) is 7.89. The number of thiazole rings is 1. The minimum atomic E-state index is 0.518. The molecule has 3 rings (SSSR count). The third-order valence-electron chi connectivity index (χ3n) is 3.77. The molecule has 0 aliphatic rings. The number of rotatable bonds is 5. The summed E-state index contributed by atoms with van der Waals surface area (Å²) in [5.74, 6) is 1.52. The highest BCUT2D eigenvalue weighted by Gasteiger charge is 2.08. The van der Waals surface area contributed by atoms with Gasteiger partial charge in [0.2, 0.25) is 0 Å². The van der Waals surface area contributed by atoms with Crippen LogP contribution in [0.15, 0.2) is 41.7 Å². The molecule has 0 fully saturated rings. The van der Waals surface area contributed by atoms with E-state index in [-0.39, 0.29) is 0 Å². The molecule has 2 heterocycles. The largest absolute Gasteiger partial charge is 0.350 e. The topological polar surface area (TPSA) is 80.0 Å². The number of hydrogen-bond acceptors (Lipinski definition) is 5. The molecule has 0 unspecified atom stereocenters. The summed E-state index contributed by atoms with van der Waals surface area (Å²) in [5, 5.41) is 15.8. The zero-order valence-electron chi connectivity index (χ0n) is 14.5. The summed E-state index contributed by atoms with van der Waals surface area (Å²) >= 11 is 1.70. The average molecular weight is 355 g/mol. The molecule has 0 saturated carbocycles. The van der Waals surface area contributed by atoms with Crippen LogP contribution in [0, 0.1) is 13.8 Å². The molecule has 0 saturated heterocycles. The van der Waals surface area contributed by atoms with E-state index < -0.39 is 0 Å². The number of aromatic nitrogens is 4. The third-order valence-corrected chi connectivity index (χ3v) is 4.84. The van der Waals surface area contributed by atoms with E-state index in [9.17, 15) is 0 Å². The number of benzene rings is 1. The van der Waals surface area contributed by atoms with Gasteiger partial charge >= 0.3 is 0 Å². The van der Waals surface area contributed by atoms with Gasteiger partial charge in [0, 0.05) is 17.6 Å². The SMILES string of the molecule is CN=C(NCc1nc(C)c(C)s1)NCc1nncn1-c1ccccc1. The predicted octanol–water partition coefficient (Wildman–Crippen LogP) is 2.21. The van der Waals surface area contributed by atoms with Crippen LogP contribution >= 0.6 is 11.3 Å². The Hall–Kier alpha value is -2.74. The van der Waals surface area contributed by atoms with Crippen LogP contribution in [-0.2, 0) is 13.1 Å². The molecule has 0 amide bonds. The lowest BCUT2D eigenvalue weighted by Crippen LogP contribution is -2.36. The third kappa shape index (κ3) is 4.21. The second-order valence-electron chi connectivity index (χ2n) is 5.48. The maximum atomic E-state index is 4.53. The summed E-state index contributed by atoms with van der Waals surface area (Å²) in [6.07, 6.45) is 1.71. The molecule has 1 aromatic carbocycles. The van der Waals surface area contributed by atoms with Crippen LogP contribution in [-0.4, -0.2) is 32.8 Å². The Labute approximate surface area is 150 Å². The minimum Gasteiger partial charge on any atom is -0.350 e. The van der Waals surface area contributed by atoms with Gasteiger partial charge in [0.25, 0.3) is 0 Å². The van der Waals surface area contributed by atoms with E-state index in [1.165, 1.54) is 4.88 Å². The van der Waals surface area contributed by atoms with E-state index in [0.29, 0.717) is 19.0 Å². The van der Waals surface area contributed by atoms with Gasteiger partial charge in [-0.2, -0.15) is 0 Å². The fourth-order valence-electron chi connectivity index (χ4n) is 2.34. The van der Waals surface area contributed by atoms with Crippen molar-refractivity contribution in [2.24, 2.45) is 4.99 Å². The van der Waals surface area contributed by atoms with Gasteiger partial charge in [-0.3, -0.25) is 9.56 Å². The van der Waals surface area contributed by atoms with Crippen molar-refractivity contribution in [1.29, 1.82) is 0 Å². The van der Waals surface area contributed by atoms with Crippen LogP contribution in [0.3, 0.4) is 0 Å². The first kappa shape index (κ1) is 17.1. The van der Waals surface area contributed by atoms with E-state index in [4.69, 9.17) is 0 Å². The van der Waals surface area contributed by atoms with E-state index in [0.717, 1.165) is 22.2 Å². The summed E-state index contributed by atoms with van der Waals surface area (Å²) in [4.78, 5) is 10.0. The zero-order valence-corrected chi connectivity index (χ0v) is 15.3. The first-order valence-corrected chi connectivity index (χ1v) is 8.80. The summed E-state index contributed by atoms with van der Waals surface area (Å²) in [7, 11) is 1.75. The van der Waals surface area contributed by atoms with Crippen molar-refractivity contribution in [3.8, 4) is 5.69 Å². The predicted molar refractivity (Wildman–Crippen MR) is 100.0 cm³/mol. The zero-order chi connectivity index (χ0) is 17.6. The number of aryl methyl sites for hydroxylation is 2. The molecule has 0 aliphatic carbocycles. The van der Waals surface area contributed by atoms with Crippen LogP contribution in [0.25, 0.3) is 5.69 Å². The highest BCUT2D eigenvalue weighted by atomic mass is 32.1. The maximum absolute atomic E-state index is 4.53. The molecule has 130 valence electrons. The Balaban J connectivity index is 1.60. The highest BCUT2D eigenvalue weighted by molar-refractivity contribution is 7.11. The number of nitrogens with zero attached hydrogens (tertiary/aromatic N) is 5. The Morgan fingerprint density at radius 3 is 2.60 bits per heavy atom. The van der Waals surface area contributed by atoms with Crippen LogP contribution in [0.5, 0.6) is 0 Å². The Morgan fingerprint density at radius 1 is 1.16 bits per heavy atom. The Morgan fingerprint density at radius 2 is 1.92 bits per heavy atom. The smallest absolute Gasteiger partial charge is 0.191 e. The second-order valence-corrected chi connectivity index (χ2v) is 6.77. The van der Waals surface area contributed by atoms with Gasteiger partial charge in [0.05, 0.1) is 18.8 Å². The number of para-hydroxylation sites is 1. The first-order chi connectivity index (χ1) is 12.2. The molecule has 0 bridgehead atoms. The van der Waals surface area contributed by atoms with Crippen LogP contribution in [0.2, 0.25) is 0 Å². The molecule has 0 radical (unpaired) electrons. The fraction of sp³-hybridized carbons (Fsp3) is 0.294. The first-order valence-electron chi connectivity index (χ1n) is 7.99. The number of hydrogen-bond donors (Lipinski definition) is 2. The summed E-state index contributed by atoms with van der Waals surface area (Å²) < 4.78 is 1.95. The van der Waals surface area contributed by atoms with Gasteiger partial charge in [-0.15, -0.1) is 21.5 Å². The molecular formula is C17H21N7S. The normalized spacial score (nSPS) is 11.6. The maximum Gasteiger partial charge on any atom is 0.191 e. The van der Waals surface area contributed by atoms with Crippen molar-refractivity contribution in [2.75, 3.05) is 7.05 Å². The van der Waals surface area contributed by atoms with Gasteiger partial charge in [-0.1, -0.05) is 18.2 Å². The molecule has 0 aliphatic heterocycles. The van der Waals surface area contributed by atoms with Gasteiger partial charge in [-0.05, 0) is 26.0 Å². The Bertz CT molecular complexity index is 832. The lowest BCUT2D eigenvalue weighted by molar-refractivity contribution is 0.752. The number of guanidine groups is 1. The molecule has 7 nitrogen and oxygen atoms in total. The van der Waals surface area contributed by atoms with E-state index in [1.54, 1.807) is 24.7 Å². The summed E-state index contributed by atoms with van der Waals surface area (Å²) in [6.45, 7) is 5.27. The van der Waals surface area contributed by atoms with Gasteiger partial charge in [0.15, 0.2) is 11.8 Å². The molecule has 2 N–H and O–H groups in total. The Kier molecular flexibility index (Phi) is 5.39. The lowest BCUT2D eigenvalue weighted by atomic mass is 10.3. The van der Waals surface area contributed by atoms with Gasteiger partial charge in [0.1, 0.15) is 11.3 Å². The number of nitrogens with one attached hydrogen (secondary N) is 2. The fourth-order valence-corrected chi connectivity index (χ4v) is 3.21. The molecule has 0 spiro atoms. The summed E-state index contributed by atoms with van der Waals surface area (Å²) in [6, 6.07) is 10.0. The minimum absolute atomic E-state index is 0.518. The van der Waals surface area contributed by atoms with Crippen molar-refractivity contribution in [3.63, 3.8) is 0 Å². The molecule has 25 heavy (non-hydrogen) atoms. The molecule has 3 aromatic rings. The summed E-state index contributed by atoms with van der Waals surface area (Å²) in [5.41, 5.74) is 2.11. The van der Waals surface area contributed by atoms with Crippen molar-refractivity contribution >= 4 is 17.3 Å². The van der Waals surface area contributed by atoms with Crippen LogP contribution in [0.4, 0.5) is 0 Å². The molecule has 8 heteroatoms. The van der Waals surface area contributed by atoms with Crippen molar-refractivity contribution < 1.29 is 0 Å². The quantitative estimate of drug-likeness (QED) is 0.542. The molecular weight excluding hydrogens is 334 g/mol. The van der Waals surface area contributed by atoms with Crippen molar-refractivity contribution in [1.82, 2.24) is 30.4 Å². The van der Waals surface area contributed by atoms with Gasteiger partial charge < -0.3 is 10.6 Å². The molecule has 2 aromatic heterocycles. The van der Waals surface area contributed by atoms with Crippen molar-refractivity contribution in [3.05, 3.63) is 58.1 Å². The van der Waals surface area contributed by atoms with E-state index in [2.05, 4.69) is 37.7 Å². The highest BCUT2D eigenvalue weighted by Crippen LogP contribution is 2.15. The lowest BCUT2D eigenvalue weighted by Gasteiger charge is -2.11.